The zero-order valence-corrected chi connectivity index (χ0v) is 14.1. The van der Waals surface area contributed by atoms with E-state index in [1.165, 1.54) is 33.3 Å². The molecule has 0 aliphatic carbocycles. The highest BCUT2D eigenvalue weighted by Gasteiger charge is 2.39. The quantitative estimate of drug-likeness (QED) is 0.635. The van der Waals surface area contributed by atoms with E-state index in [-0.39, 0.29) is 5.82 Å². The molecule has 2 atom stereocenters. The van der Waals surface area contributed by atoms with Gasteiger partial charge in [-0.1, -0.05) is 23.8 Å². The zero-order chi connectivity index (χ0) is 16.4. The van der Waals surface area contributed by atoms with Crippen LogP contribution >= 0.6 is 0 Å². The molecular formula is C21H21FN2. The molecule has 2 aromatic carbocycles. The average molecular weight is 320 g/mol. The molecule has 1 aromatic heterocycles. The standard InChI is InChI=1S/C21H21FN2/c1-13-3-8-19-17(9-13)18-12-23(2)11-15-10-20(24(19)21(15)18)14-4-6-16(22)7-5-14/h3-9,15,20H,10-12H2,1-2H3. The van der Waals surface area contributed by atoms with E-state index in [1.807, 2.05) is 12.1 Å². The van der Waals surface area contributed by atoms with Crippen LogP contribution in [0.5, 0.6) is 0 Å². The van der Waals surface area contributed by atoms with E-state index in [1.54, 1.807) is 12.1 Å². The molecule has 3 heteroatoms. The summed E-state index contributed by atoms with van der Waals surface area (Å²) < 4.78 is 15.9. The second-order valence-corrected chi connectivity index (χ2v) is 7.45. The van der Waals surface area contributed by atoms with Gasteiger partial charge < -0.3 is 9.47 Å². The van der Waals surface area contributed by atoms with Gasteiger partial charge in [-0.15, -0.1) is 0 Å². The molecule has 2 unspecified atom stereocenters. The first-order valence-electron chi connectivity index (χ1n) is 8.69. The molecule has 0 radical (unpaired) electrons. The molecule has 24 heavy (non-hydrogen) atoms. The van der Waals surface area contributed by atoms with Gasteiger partial charge in [-0.25, -0.2) is 4.39 Å². The summed E-state index contributed by atoms with van der Waals surface area (Å²) in [6, 6.07) is 14.2. The minimum Gasteiger partial charge on any atom is -0.336 e. The van der Waals surface area contributed by atoms with Crippen molar-refractivity contribution in [2.24, 2.45) is 0 Å². The van der Waals surface area contributed by atoms with Crippen molar-refractivity contribution in [2.45, 2.75) is 31.8 Å². The molecule has 0 fully saturated rings. The molecule has 0 spiro atoms. The third-order valence-electron chi connectivity index (χ3n) is 5.73. The van der Waals surface area contributed by atoms with Crippen molar-refractivity contribution in [3.8, 4) is 0 Å². The fourth-order valence-electron chi connectivity index (χ4n) is 4.79. The minimum absolute atomic E-state index is 0.161. The molecule has 2 aliphatic rings. The Labute approximate surface area is 141 Å². The summed E-state index contributed by atoms with van der Waals surface area (Å²) >= 11 is 0. The molecule has 0 N–H and O–H groups in total. The van der Waals surface area contributed by atoms with E-state index in [0.29, 0.717) is 12.0 Å². The second-order valence-electron chi connectivity index (χ2n) is 7.45. The fraction of sp³-hybridized carbons (Fsp3) is 0.333. The maximum absolute atomic E-state index is 13.4. The number of aromatic nitrogens is 1. The number of likely N-dealkylation sites (N-methyl/N-ethyl adjacent to an activating group) is 1. The Morgan fingerprint density at radius 3 is 2.67 bits per heavy atom. The smallest absolute Gasteiger partial charge is 0.123 e. The summed E-state index contributed by atoms with van der Waals surface area (Å²) in [5.41, 5.74) is 6.87. The summed E-state index contributed by atoms with van der Waals surface area (Å²) in [5.74, 6) is 0.410. The molecular weight excluding hydrogens is 299 g/mol. The minimum atomic E-state index is -0.161. The van der Waals surface area contributed by atoms with Crippen LogP contribution in [0.4, 0.5) is 4.39 Å². The molecule has 0 saturated carbocycles. The highest BCUT2D eigenvalue weighted by atomic mass is 19.1. The van der Waals surface area contributed by atoms with Crippen LogP contribution in [0.2, 0.25) is 0 Å². The molecule has 0 amide bonds. The zero-order valence-electron chi connectivity index (χ0n) is 14.1. The summed E-state index contributed by atoms with van der Waals surface area (Å²) in [6.45, 7) is 4.30. The van der Waals surface area contributed by atoms with Gasteiger partial charge in [0.25, 0.3) is 0 Å². The molecule has 122 valence electrons. The van der Waals surface area contributed by atoms with Gasteiger partial charge in [0, 0.05) is 35.6 Å². The van der Waals surface area contributed by atoms with E-state index in [0.717, 1.165) is 19.5 Å². The van der Waals surface area contributed by atoms with Crippen molar-refractivity contribution >= 4 is 10.9 Å². The van der Waals surface area contributed by atoms with E-state index in [2.05, 4.69) is 41.6 Å². The van der Waals surface area contributed by atoms with Crippen LogP contribution in [0.15, 0.2) is 42.5 Å². The maximum atomic E-state index is 13.4. The Hall–Kier alpha value is -2.13. The van der Waals surface area contributed by atoms with Gasteiger partial charge in [-0.2, -0.15) is 0 Å². The van der Waals surface area contributed by atoms with Crippen molar-refractivity contribution < 1.29 is 4.39 Å². The average Bonchev–Trinajstić information content (AvgIpc) is 3.08. The molecule has 2 nitrogen and oxygen atoms in total. The first-order valence-corrected chi connectivity index (χ1v) is 8.69. The van der Waals surface area contributed by atoms with Gasteiger partial charge in [0.15, 0.2) is 0 Å². The molecule has 0 saturated heterocycles. The summed E-state index contributed by atoms with van der Waals surface area (Å²) in [7, 11) is 2.22. The number of fused-ring (bicyclic) bond motifs is 3. The lowest BCUT2D eigenvalue weighted by atomic mass is 9.91. The normalized spacial score (nSPS) is 23.0. The number of hydrogen-bond acceptors (Lipinski definition) is 1. The topological polar surface area (TPSA) is 8.17 Å². The van der Waals surface area contributed by atoms with Crippen LogP contribution in [-0.4, -0.2) is 23.1 Å². The van der Waals surface area contributed by atoms with E-state index in [9.17, 15) is 4.39 Å². The summed E-state index contributed by atoms with van der Waals surface area (Å²) in [4.78, 5) is 2.44. The molecule has 3 heterocycles. The highest BCUT2D eigenvalue weighted by Crippen LogP contribution is 2.49. The number of hydrogen-bond donors (Lipinski definition) is 0. The summed E-state index contributed by atoms with van der Waals surface area (Å²) in [6.07, 6.45) is 1.11. The van der Waals surface area contributed by atoms with E-state index < -0.39 is 0 Å². The number of rotatable bonds is 1. The first-order chi connectivity index (χ1) is 11.6. The predicted molar refractivity (Wildman–Crippen MR) is 94.9 cm³/mol. The monoisotopic (exact) mass is 320 g/mol. The van der Waals surface area contributed by atoms with Crippen molar-refractivity contribution in [1.29, 1.82) is 0 Å². The van der Waals surface area contributed by atoms with Gasteiger partial charge in [0.2, 0.25) is 0 Å². The van der Waals surface area contributed by atoms with Crippen molar-refractivity contribution in [3.05, 3.63) is 70.7 Å². The van der Waals surface area contributed by atoms with E-state index in [4.69, 9.17) is 0 Å². The van der Waals surface area contributed by atoms with Crippen molar-refractivity contribution in [3.63, 3.8) is 0 Å². The highest BCUT2D eigenvalue weighted by molar-refractivity contribution is 5.87. The molecule has 5 rings (SSSR count). The first kappa shape index (κ1) is 14.2. The van der Waals surface area contributed by atoms with Crippen LogP contribution in [-0.2, 0) is 6.54 Å². The molecule has 3 aromatic rings. The lowest BCUT2D eigenvalue weighted by Gasteiger charge is -2.27. The SMILES string of the molecule is Cc1ccc2c(c1)c1c3n2C(c2ccc(F)cc2)CC3CN(C)C1. The number of benzene rings is 2. The molecule has 2 aliphatic heterocycles. The van der Waals surface area contributed by atoms with Crippen LogP contribution in [0.25, 0.3) is 10.9 Å². The number of halogens is 1. The van der Waals surface area contributed by atoms with Gasteiger partial charge >= 0.3 is 0 Å². The van der Waals surface area contributed by atoms with Gasteiger partial charge in [0.05, 0.1) is 6.04 Å². The van der Waals surface area contributed by atoms with Crippen molar-refractivity contribution in [2.75, 3.05) is 13.6 Å². The van der Waals surface area contributed by atoms with Crippen molar-refractivity contribution in [1.82, 2.24) is 9.47 Å². The Morgan fingerprint density at radius 2 is 1.88 bits per heavy atom. The fourth-order valence-corrected chi connectivity index (χ4v) is 4.79. The second kappa shape index (κ2) is 4.93. The van der Waals surface area contributed by atoms with Crippen LogP contribution in [0, 0.1) is 12.7 Å². The lowest BCUT2D eigenvalue weighted by Crippen LogP contribution is -2.28. The Kier molecular flexibility index (Phi) is 2.93. The number of nitrogens with zero attached hydrogens (tertiary/aromatic N) is 2. The predicted octanol–water partition coefficient (Wildman–Crippen LogP) is 4.61. The van der Waals surface area contributed by atoms with Gasteiger partial charge in [-0.3, -0.25) is 0 Å². The third kappa shape index (κ3) is 1.91. The lowest BCUT2D eigenvalue weighted by molar-refractivity contribution is 0.282. The summed E-state index contributed by atoms with van der Waals surface area (Å²) in [5, 5.41) is 1.40. The number of aryl methyl sites for hydroxylation is 1. The van der Waals surface area contributed by atoms with E-state index >= 15 is 0 Å². The van der Waals surface area contributed by atoms with Crippen LogP contribution < -0.4 is 0 Å². The Bertz CT molecular complexity index is 939. The third-order valence-corrected chi connectivity index (χ3v) is 5.73. The molecule has 0 bridgehead atoms. The van der Waals surface area contributed by atoms with Gasteiger partial charge in [-0.05, 0) is 55.8 Å². The van der Waals surface area contributed by atoms with Crippen LogP contribution in [0.1, 0.15) is 40.8 Å². The Balaban J connectivity index is 1.77. The maximum Gasteiger partial charge on any atom is 0.123 e. The largest absolute Gasteiger partial charge is 0.336 e. The van der Waals surface area contributed by atoms with Crippen LogP contribution in [0.3, 0.4) is 0 Å². The Morgan fingerprint density at radius 1 is 1.08 bits per heavy atom. The van der Waals surface area contributed by atoms with Gasteiger partial charge in [0.1, 0.15) is 5.82 Å².